The van der Waals surface area contributed by atoms with Crippen molar-refractivity contribution in [1.29, 1.82) is 0 Å². The summed E-state index contributed by atoms with van der Waals surface area (Å²) in [5.41, 5.74) is -0.0240. The zero-order chi connectivity index (χ0) is 19.8. The maximum Gasteiger partial charge on any atom is 0.342 e. The van der Waals surface area contributed by atoms with E-state index in [-0.39, 0.29) is 11.3 Å². The molecule has 8 heteroatoms. The van der Waals surface area contributed by atoms with Crippen molar-refractivity contribution in [1.82, 2.24) is 10.6 Å². The molecule has 1 atom stereocenters. The molecule has 0 aliphatic carbocycles. The summed E-state index contributed by atoms with van der Waals surface area (Å²) < 4.78 is 24.2. The van der Waals surface area contributed by atoms with Crippen molar-refractivity contribution in [3.05, 3.63) is 65.5 Å². The van der Waals surface area contributed by atoms with Crippen LogP contribution in [0, 0.1) is 5.82 Å². The number of benzene rings is 2. The molecule has 0 fully saturated rings. The second-order valence-electron chi connectivity index (χ2n) is 5.39. The van der Waals surface area contributed by atoms with Crippen LogP contribution < -0.4 is 15.4 Å². The van der Waals surface area contributed by atoms with E-state index in [1.54, 1.807) is 37.3 Å². The maximum absolute atomic E-state index is 14.1. The van der Waals surface area contributed by atoms with Crippen LogP contribution in [0.3, 0.4) is 0 Å². The molecule has 0 spiro atoms. The third-order valence-electron chi connectivity index (χ3n) is 3.54. The molecule has 142 valence electrons. The van der Waals surface area contributed by atoms with Crippen molar-refractivity contribution in [2.24, 2.45) is 0 Å². The van der Waals surface area contributed by atoms with Crippen LogP contribution in [0.2, 0.25) is 0 Å². The Labute approximate surface area is 155 Å². The number of rotatable bonds is 6. The second-order valence-corrected chi connectivity index (χ2v) is 5.39. The van der Waals surface area contributed by atoms with Crippen molar-refractivity contribution < 1.29 is 28.2 Å². The van der Waals surface area contributed by atoms with Gasteiger partial charge >= 0.3 is 12.0 Å². The lowest BCUT2D eigenvalue weighted by Crippen LogP contribution is -2.42. The van der Waals surface area contributed by atoms with Gasteiger partial charge in [-0.2, -0.15) is 0 Å². The summed E-state index contributed by atoms with van der Waals surface area (Å²) >= 11 is 0. The molecule has 27 heavy (non-hydrogen) atoms. The summed E-state index contributed by atoms with van der Waals surface area (Å²) in [6.07, 6.45) is -1.43. The van der Waals surface area contributed by atoms with Gasteiger partial charge in [-0.05, 0) is 19.1 Å². The van der Waals surface area contributed by atoms with Crippen LogP contribution in [0.5, 0.6) is 5.75 Å². The fourth-order valence-corrected chi connectivity index (χ4v) is 2.24. The summed E-state index contributed by atoms with van der Waals surface area (Å²) in [6, 6.07) is 11.0. The van der Waals surface area contributed by atoms with Gasteiger partial charge in [-0.25, -0.2) is 14.0 Å². The van der Waals surface area contributed by atoms with Gasteiger partial charge in [0.05, 0.1) is 12.7 Å². The van der Waals surface area contributed by atoms with Crippen molar-refractivity contribution in [3.63, 3.8) is 0 Å². The number of hydrogen-bond acceptors (Lipinski definition) is 5. The van der Waals surface area contributed by atoms with Gasteiger partial charge in [0.1, 0.15) is 11.6 Å². The SMILES string of the molecule is CCNC(=O)NC(=O)[C@@H](OC(=O)c1ccc(OC)cc1F)c1ccccc1. The first-order chi connectivity index (χ1) is 13.0. The number of urea groups is 1. The molecule has 0 aromatic heterocycles. The molecule has 2 aromatic rings. The summed E-state index contributed by atoms with van der Waals surface area (Å²) in [5, 5.41) is 4.49. The highest BCUT2D eigenvalue weighted by Gasteiger charge is 2.28. The van der Waals surface area contributed by atoms with Crippen molar-refractivity contribution in [2.75, 3.05) is 13.7 Å². The standard InChI is InChI=1S/C19H19FN2O5/c1-3-21-19(25)22-17(23)16(12-7-5-4-6-8-12)27-18(24)14-10-9-13(26-2)11-15(14)20/h4-11,16H,3H2,1-2H3,(H2,21,22,23,25)/t16-/m0/s1. The Hall–Kier alpha value is -3.42. The predicted molar refractivity (Wildman–Crippen MR) is 94.8 cm³/mol. The fraction of sp³-hybridized carbons (Fsp3) is 0.211. The zero-order valence-electron chi connectivity index (χ0n) is 14.8. The molecular formula is C19H19FN2O5. The molecule has 2 rings (SSSR count). The van der Waals surface area contributed by atoms with E-state index in [1.807, 2.05) is 0 Å². The highest BCUT2D eigenvalue weighted by Crippen LogP contribution is 2.22. The van der Waals surface area contributed by atoms with Crippen molar-refractivity contribution in [3.8, 4) is 5.75 Å². The molecule has 0 saturated heterocycles. The normalized spacial score (nSPS) is 11.2. The van der Waals surface area contributed by atoms with E-state index < -0.39 is 29.8 Å². The van der Waals surface area contributed by atoms with Crippen LogP contribution in [-0.4, -0.2) is 31.6 Å². The molecule has 7 nitrogen and oxygen atoms in total. The van der Waals surface area contributed by atoms with Gasteiger partial charge < -0.3 is 14.8 Å². The Morgan fingerprint density at radius 2 is 1.81 bits per heavy atom. The van der Waals surface area contributed by atoms with E-state index in [9.17, 15) is 18.8 Å². The average Bonchev–Trinajstić information content (AvgIpc) is 2.66. The van der Waals surface area contributed by atoms with Crippen LogP contribution in [0.15, 0.2) is 48.5 Å². The predicted octanol–water partition coefficient (Wildman–Crippen LogP) is 2.58. The van der Waals surface area contributed by atoms with Crippen LogP contribution >= 0.6 is 0 Å². The van der Waals surface area contributed by atoms with Gasteiger partial charge in [0.25, 0.3) is 5.91 Å². The van der Waals surface area contributed by atoms with E-state index in [4.69, 9.17) is 9.47 Å². The van der Waals surface area contributed by atoms with Gasteiger partial charge in [-0.15, -0.1) is 0 Å². The Balaban J connectivity index is 2.25. The third-order valence-corrected chi connectivity index (χ3v) is 3.54. The summed E-state index contributed by atoms with van der Waals surface area (Å²) in [4.78, 5) is 36.4. The summed E-state index contributed by atoms with van der Waals surface area (Å²) in [6.45, 7) is 2.00. The minimum atomic E-state index is -1.43. The molecule has 0 aliphatic rings. The topological polar surface area (TPSA) is 93.7 Å². The van der Waals surface area contributed by atoms with E-state index in [0.29, 0.717) is 12.1 Å². The van der Waals surface area contributed by atoms with E-state index in [0.717, 1.165) is 6.07 Å². The summed E-state index contributed by atoms with van der Waals surface area (Å²) in [5.74, 6) is -2.52. The van der Waals surface area contributed by atoms with Crippen LogP contribution in [0.1, 0.15) is 28.9 Å². The Morgan fingerprint density at radius 3 is 2.41 bits per heavy atom. The fourth-order valence-electron chi connectivity index (χ4n) is 2.24. The first kappa shape index (κ1) is 19.9. The molecule has 0 bridgehead atoms. The molecule has 0 radical (unpaired) electrons. The highest BCUT2D eigenvalue weighted by molar-refractivity contribution is 5.99. The number of ether oxygens (including phenoxy) is 2. The summed E-state index contributed by atoms with van der Waals surface area (Å²) in [7, 11) is 1.36. The maximum atomic E-state index is 14.1. The van der Waals surface area contributed by atoms with Gasteiger partial charge in [-0.3, -0.25) is 10.1 Å². The lowest BCUT2D eigenvalue weighted by Gasteiger charge is -2.18. The Morgan fingerprint density at radius 1 is 1.11 bits per heavy atom. The lowest BCUT2D eigenvalue weighted by molar-refractivity contribution is -0.129. The third kappa shape index (κ3) is 5.27. The van der Waals surface area contributed by atoms with Gasteiger partial charge in [0.15, 0.2) is 0 Å². The van der Waals surface area contributed by atoms with Gasteiger partial charge in [0.2, 0.25) is 6.10 Å². The van der Waals surface area contributed by atoms with E-state index in [2.05, 4.69) is 10.6 Å². The van der Waals surface area contributed by atoms with Crippen LogP contribution in [0.25, 0.3) is 0 Å². The number of carbonyl (C=O) groups is 3. The molecule has 0 heterocycles. The van der Waals surface area contributed by atoms with Gasteiger partial charge in [-0.1, -0.05) is 30.3 Å². The van der Waals surface area contributed by atoms with Crippen LogP contribution in [-0.2, 0) is 9.53 Å². The number of imide groups is 1. The van der Waals surface area contributed by atoms with Crippen LogP contribution in [0.4, 0.5) is 9.18 Å². The lowest BCUT2D eigenvalue weighted by atomic mass is 10.1. The quantitative estimate of drug-likeness (QED) is 0.758. The molecule has 2 aromatic carbocycles. The number of esters is 1. The van der Waals surface area contributed by atoms with E-state index >= 15 is 0 Å². The van der Waals surface area contributed by atoms with Crippen molar-refractivity contribution >= 4 is 17.9 Å². The Bertz CT molecular complexity index is 826. The number of carbonyl (C=O) groups excluding carboxylic acids is 3. The number of nitrogens with one attached hydrogen (secondary N) is 2. The molecule has 0 saturated carbocycles. The largest absolute Gasteiger partial charge is 0.497 e. The number of methoxy groups -OCH3 is 1. The Kier molecular flexibility index (Phi) is 6.87. The first-order valence-corrected chi connectivity index (χ1v) is 8.14. The minimum absolute atomic E-state index is 0.234. The zero-order valence-corrected chi connectivity index (χ0v) is 14.8. The number of amides is 3. The van der Waals surface area contributed by atoms with Crippen molar-refractivity contribution in [2.45, 2.75) is 13.0 Å². The van der Waals surface area contributed by atoms with Gasteiger partial charge in [0, 0.05) is 18.2 Å². The molecule has 0 unspecified atom stereocenters. The molecular weight excluding hydrogens is 355 g/mol. The monoisotopic (exact) mass is 374 g/mol. The second kappa shape index (κ2) is 9.33. The molecule has 0 aliphatic heterocycles. The molecule has 3 amide bonds. The molecule has 2 N–H and O–H groups in total. The number of hydrogen-bond donors (Lipinski definition) is 2. The smallest absolute Gasteiger partial charge is 0.342 e. The van der Waals surface area contributed by atoms with E-state index in [1.165, 1.54) is 19.2 Å². The average molecular weight is 374 g/mol. The first-order valence-electron chi connectivity index (χ1n) is 8.14. The number of halogens is 1. The minimum Gasteiger partial charge on any atom is -0.497 e. The highest BCUT2D eigenvalue weighted by atomic mass is 19.1.